The predicted octanol–water partition coefficient (Wildman–Crippen LogP) is 6.41. The second-order valence-electron chi connectivity index (χ2n) is 18.5. The third-order valence-electron chi connectivity index (χ3n) is 14.7. The van der Waals surface area contributed by atoms with E-state index in [1.807, 2.05) is 76.3 Å². The van der Waals surface area contributed by atoms with Crippen LogP contribution in [0.3, 0.4) is 0 Å². The van der Waals surface area contributed by atoms with Crippen LogP contribution in [0.1, 0.15) is 96.5 Å². The highest BCUT2D eigenvalue weighted by molar-refractivity contribution is 6.06. The van der Waals surface area contributed by atoms with Crippen molar-refractivity contribution in [3.05, 3.63) is 89.5 Å². The molecule has 0 spiro atoms. The Morgan fingerprint density at radius 2 is 1.44 bits per heavy atom. The van der Waals surface area contributed by atoms with E-state index in [0.29, 0.717) is 72.2 Å². The van der Waals surface area contributed by atoms with Gasteiger partial charge in [0.2, 0.25) is 11.8 Å². The number of nitrogens with one attached hydrogen (secondary N) is 2. The number of amides is 6. The standard InChI is InChI=1S/C49H57N9O6/c50-45(60)43-44(34-6-9-38(10-7-34)64-37-4-2-1-3-5-37)53-58-40(14-21-51-46(43)58)33-19-26-56(27-20-33)49(63)55-24-17-32(18-25-55)28-31-15-22-54(23-16-31)36-8-11-39-35(29-36)30-57(48(39)62)41-12-13-42(59)52-47(41)61/h1-11,29,31-33,40-41,51H,12-28,30H2,(H2,50,60)(H,52,59,61). The van der Waals surface area contributed by atoms with Gasteiger partial charge in [-0.05, 0) is 136 Å². The maximum Gasteiger partial charge on any atom is 0.319 e. The van der Waals surface area contributed by atoms with E-state index in [2.05, 4.69) is 26.5 Å². The Bertz CT molecular complexity index is 2410. The van der Waals surface area contributed by atoms with E-state index in [1.165, 1.54) is 6.42 Å². The maximum absolute atomic E-state index is 13.8. The van der Waals surface area contributed by atoms with E-state index in [-0.39, 0.29) is 36.2 Å². The van der Waals surface area contributed by atoms with Crippen LogP contribution in [0.4, 0.5) is 16.3 Å². The van der Waals surface area contributed by atoms with Gasteiger partial charge in [-0.3, -0.25) is 24.5 Å². The molecular weight excluding hydrogens is 811 g/mol. The molecule has 0 bridgehead atoms. The van der Waals surface area contributed by atoms with Gasteiger partial charge < -0.3 is 35.4 Å². The van der Waals surface area contributed by atoms with Gasteiger partial charge in [-0.15, -0.1) is 0 Å². The summed E-state index contributed by atoms with van der Waals surface area (Å²) < 4.78 is 7.97. The molecule has 0 saturated carbocycles. The number of hydrogen-bond acceptors (Lipinski definition) is 9. The zero-order valence-electron chi connectivity index (χ0n) is 36.3. The van der Waals surface area contributed by atoms with Crippen molar-refractivity contribution in [2.45, 2.75) is 82.8 Å². The molecule has 4 saturated heterocycles. The van der Waals surface area contributed by atoms with Gasteiger partial charge in [-0.2, -0.15) is 5.10 Å². The number of likely N-dealkylation sites (tertiary alicyclic amines) is 2. The molecular formula is C49H57N9O6. The molecule has 6 aliphatic heterocycles. The molecule has 6 amide bonds. The minimum absolute atomic E-state index is 0.0977. The fourth-order valence-corrected chi connectivity index (χ4v) is 11.2. The van der Waals surface area contributed by atoms with Crippen molar-refractivity contribution in [1.29, 1.82) is 0 Å². The lowest BCUT2D eigenvalue weighted by Gasteiger charge is -2.42. The summed E-state index contributed by atoms with van der Waals surface area (Å²) in [5.74, 6) is 2.38. The van der Waals surface area contributed by atoms with E-state index in [1.54, 1.807) is 4.90 Å². The Hall–Kier alpha value is -6.38. The number of para-hydroxylation sites is 1. The number of primary amides is 1. The molecule has 64 heavy (non-hydrogen) atoms. The lowest BCUT2D eigenvalue weighted by Crippen LogP contribution is -2.52. The Labute approximate surface area is 373 Å². The zero-order valence-corrected chi connectivity index (χ0v) is 36.3. The number of nitrogens with two attached hydrogens (primary N) is 1. The van der Waals surface area contributed by atoms with Crippen molar-refractivity contribution < 1.29 is 28.7 Å². The fraction of sp³-hybridized carbons (Fsp3) is 0.469. The minimum atomic E-state index is -0.605. The smallest absolute Gasteiger partial charge is 0.319 e. The van der Waals surface area contributed by atoms with Crippen LogP contribution in [0.5, 0.6) is 11.5 Å². The normalized spacial score (nSPS) is 22.2. The first kappa shape index (κ1) is 41.6. The van der Waals surface area contributed by atoms with Crippen LogP contribution in [0.15, 0.2) is 72.8 Å². The SMILES string of the molecule is NC(=O)c1c(-c2ccc(Oc3ccccc3)cc2)nn2c1NCCC2C1CCN(C(=O)N2CCC(CC3CCN(c4ccc5c(c4)CN(C4CCC(=O)NC4=O)C5=O)CC3)CC2)CC1. The summed E-state index contributed by atoms with van der Waals surface area (Å²) in [6.45, 7) is 6.06. The van der Waals surface area contributed by atoms with E-state index in [4.69, 9.17) is 15.6 Å². The van der Waals surface area contributed by atoms with E-state index in [9.17, 15) is 24.0 Å². The van der Waals surface area contributed by atoms with E-state index in [0.717, 1.165) is 100 Å². The molecule has 7 heterocycles. The minimum Gasteiger partial charge on any atom is -0.457 e. The van der Waals surface area contributed by atoms with Crippen LogP contribution < -0.4 is 26.0 Å². The van der Waals surface area contributed by atoms with Gasteiger partial charge in [0, 0.05) is 75.6 Å². The highest BCUT2D eigenvalue weighted by Crippen LogP contribution is 2.41. The molecule has 334 valence electrons. The molecule has 15 heteroatoms. The van der Waals surface area contributed by atoms with Crippen LogP contribution in [0, 0.1) is 17.8 Å². The molecule has 0 aliphatic carbocycles. The Balaban J connectivity index is 0.685. The third kappa shape index (κ3) is 8.27. The zero-order chi connectivity index (χ0) is 43.9. The summed E-state index contributed by atoms with van der Waals surface area (Å²) in [7, 11) is 0. The first-order valence-electron chi connectivity index (χ1n) is 23.2. The number of nitrogens with zero attached hydrogens (tertiary/aromatic N) is 6. The lowest BCUT2D eigenvalue weighted by atomic mass is 9.82. The summed E-state index contributed by atoms with van der Waals surface area (Å²) in [5, 5.41) is 10.8. The van der Waals surface area contributed by atoms with Gasteiger partial charge in [0.1, 0.15) is 34.6 Å². The quantitative estimate of drug-likeness (QED) is 0.161. The van der Waals surface area contributed by atoms with Crippen molar-refractivity contribution in [3.63, 3.8) is 0 Å². The van der Waals surface area contributed by atoms with Gasteiger partial charge in [-0.1, -0.05) is 18.2 Å². The van der Waals surface area contributed by atoms with Crippen LogP contribution in [-0.2, 0) is 16.1 Å². The summed E-state index contributed by atoms with van der Waals surface area (Å²) >= 11 is 0. The molecule has 2 unspecified atom stereocenters. The number of piperidine rings is 4. The predicted molar refractivity (Wildman–Crippen MR) is 241 cm³/mol. The van der Waals surface area contributed by atoms with Crippen LogP contribution >= 0.6 is 0 Å². The van der Waals surface area contributed by atoms with Crippen LogP contribution in [0.25, 0.3) is 11.3 Å². The number of carbonyl (C=O) groups is 5. The average Bonchev–Trinajstić information content (AvgIpc) is 3.88. The van der Waals surface area contributed by atoms with Crippen molar-refractivity contribution in [2.75, 3.05) is 56.0 Å². The van der Waals surface area contributed by atoms with E-state index < -0.39 is 11.9 Å². The van der Waals surface area contributed by atoms with Gasteiger partial charge in [0.15, 0.2) is 0 Å². The molecule has 10 rings (SSSR count). The fourth-order valence-electron chi connectivity index (χ4n) is 11.2. The maximum atomic E-state index is 13.8. The number of benzene rings is 3. The summed E-state index contributed by atoms with van der Waals surface area (Å²) in [6.07, 6.45) is 8.75. The highest BCUT2D eigenvalue weighted by atomic mass is 16.5. The number of hydrogen-bond donors (Lipinski definition) is 3. The first-order valence-corrected chi connectivity index (χ1v) is 23.2. The van der Waals surface area contributed by atoms with Crippen LogP contribution in [-0.4, -0.2) is 106 Å². The molecule has 6 aliphatic rings. The van der Waals surface area contributed by atoms with Crippen molar-refractivity contribution in [3.8, 4) is 22.8 Å². The summed E-state index contributed by atoms with van der Waals surface area (Å²) in [5.41, 5.74) is 10.5. The molecule has 2 atom stereocenters. The number of ether oxygens (including phenoxy) is 1. The monoisotopic (exact) mass is 867 g/mol. The molecule has 4 fully saturated rings. The molecule has 15 nitrogen and oxygen atoms in total. The van der Waals surface area contributed by atoms with Crippen molar-refractivity contribution >= 4 is 41.2 Å². The van der Waals surface area contributed by atoms with Gasteiger partial charge in [0.05, 0.1) is 6.04 Å². The molecule has 1 aromatic heterocycles. The topological polar surface area (TPSA) is 175 Å². The number of imide groups is 1. The third-order valence-corrected chi connectivity index (χ3v) is 14.7. The largest absolute Gasteiger partial charge is 0.457 e. The summed E-state index contributed by atoms with van der Waals surface area (Å²) in [6, 6.07) is 22.9. The second-order valence-corrected chi connectivity index (χ2v) is 18.5. The summed E-state index contributed by atoms with van der Waals surface area (Å²) in [4.78, 5) is 72.2. The Morgan fingerprint density at radius 1 is 0.766 bits per heavy atom. The first-order chi connectivity index (χ1) is 31.2. The number of rotatable bonds is 9. The highest BCUT2D eigenvalue weighted by Gasteiger charge is 2.40. The van der Waals surface area contributed by atoms with Crippen molar-refractivity contribution in [1.82, 2.24) is 29.8 Å². The van der Waals surface area contributed by atoms with Gasteiger partial charge >= 0.3 is 6.03 Å². The molecule has 3 aromatic carbocycles. The Morgan fingerprint density at radius 3 is 2.12 bits per heavy atom. The van der Waals surface area contributed by atoms with Gasteiger partial charge in [-0.25, -0.2) is 9.48 Å². The number of carbonyl (C=O) groups excluding carboxylic acids is 5. The van der Waals surface area contributed by atoms with Crippen molar-refractivity contribution in [2.24, 2.45) is 23.5 Å². The van der Waals surface area contributed by atoms with Crippen LogP contribution in [0.2, 0.25) is 0 Å². The Kier molecular flexibility index (Phi) is 11.5. The van der Waals surface area contributed by atoms with E-state index >= 15 is 0 Å². The molecule has 4 aromatic rings. The second kappa shape index (κ2) is 17.6. The average molecular weight is 868 g/mol. The molecule has 4 N–H and O–H groups in total. The molecule has 0 radical (unpaired) electrons. The van der Waals surface area contributed by atoms with Gasteiger partial charge in [0.25, 0.3) is 11.8 Å². The number of fused-ring (bicyclic) bond motifs is 2. The number of aromatic nitrogens is 2. The number of urea groups is 1. The number of anilines is 2. The lowest BCUT2D eigenvalue weighted by molar-refractivity contribution is -0.136.